The highest BCUT2D eigenvalue weighted by Crippen LogP contribution is 2.48. The summed E-state index contributed by atoms with van der Waals surface area (Å²) in [7, 11) is 0. The van der Waals surface area contributed by atoms with Gasteiger partial charge in [-0.15, -0.1) is 0 Å². The average Bonchev–Trinajstić information content (AvgIpc) is 3.29. The van der Waals surface area contributed by atoms with Crippen molar-refractivity contribution >= 4 is 34.1 Å². The van der Waals surface area contributed by atoms with Gasteiger partial charge in [0.05, 0.1) is 48.6 Å². The molecule has 7 aliphatic rings. The quantitative estimate of drug-likeness (QED) is 0.163. The normalized spacial score (nSPS) is 15.2. The Morgan fingerprint density at radius 1 is 0.276 bits per heavy atom. The van der Waals surface area contributed by atoms with Gasteiger partial charge < -0.3 is 9.80 Å². The molecule has 0 aliphatic carbocycles. The zero-order valence-electron chi connectivity index (χ0n) is 30.2. The van der Waals surface area contributed by atoms with Crippen molar-refractivity contribution in [3.63, 3.8) is 0 Å². The van der Waals surface area contributed by atoms with Gasteiger partial charge in [-0.2, -0.15) is 42.1 Å². The molecule has 0 N–H and O–H groups in total. The van der Waals surface area contributed by atoms with Crippen LogP contribution >= 0.6 is 0 Å². The minimum Gasteiger partial charge on any atom is -0.310 e. The third-order valence-corrected chi connectivity index (χ3v) is 10.5. The van der Waals surface area contributed by atoms with E-state index in [0.717, 1.165) is 0 Å². The van der Waals surface area contributed by atoms with Crippen LogP contribution in [-0.4, -0.2) is 9.97 Å². The molecule has 0 saturated carbocycles. The van der Waals surface area contributed by atoms with E-state index in [1.54, 1.807) is 107 Å². The molecule has 12 nitrogen and oxygen atoms in total. The summed E-state index contributed by atoms with van der Waals surface area (Å²) in [6.07, 6.45) is 6.34. The first kappa shape index (κ1) is 37.0. The van der Waals surface area contributed by atoms with Crippen molar-refractivity contribution in [3.05, 3.63) is 168 Å². The number of aromatic nitrogens is 2. The van der Waals surface area contributed by atoms with Gasteiger partial charge in [-0.25, -0.2) is 0 Å². The first-order valence-corrected chi connectivity index (χ1v) is 17.4. The van der Waals surface area contributed by atoms with Crippen LogP contribution in [0.15, 0.2) is 146 Å². The van der Waals surface area contributed by atoms with E-state index >= 15 is 0 Å². The molecule has 58 heavy (non-hydrogen) atoms. The highest BCUT2D eigenvalue weighted by Gasteiger charge is 2.58. The molecule has 9 heterocycles. The molecule has 13 rings (SSSR count). The number of nitriles is 8. The monoisotopic (exact) mass is 744 g/mol. The van der Waals surface area contributed by atoms with Crippen molar-refractivity contribution in [2.45, 2.75) is 21.7 Å². The first-order valence-electron chi connectivity index (χ1n) is 17.4. The van der Waals surface area contributed by atoms with E-state index in [1.165, 1.54) is 48.5 Å². The standard InChI is InChI=1S/C46H24N12/c47-25-43(26-48)33-1-9-37(10-2-33)57(41-17-21-55-22-18-41)38-11-5-35(6-12-38)45(29-51,30-52)46(31-53,32-54)36-7-15-40(16-8-36)58(42-19-23-56-24-20-42)39-13-3-34(4-14-39)44(43,27-49)28-50/h1-24H. The lowest BCUT2D eigenvalue weighted by molar-refractivity contribution is 0.524. The fraction of sp³-hybridized carbons (Fsp3) is 0.0870. The van der Waals surface area contributed by atoms with Crippen molar-refractivity contribution in [2.24, 2.45) is 0 Å². The SMILES string of the molecule is N#CC1(C#N)c2ccc(cc2)N(c2ccncc2)c2ccc(cc2)C(C#N)(C#N)C(C#N)(C#N)c2ccc(cc2)N(c2ccncc2)c2ccc(cc2)C1(C#N)C#N. The maximum atomic E-state index is 10.8. The molecule has 268 valence electrons. The van der Waals surface area contributed by atoms with E-state index in [9.17, 15) is 42.1 Å². The summed E-state index contributed by atoms with van der Waals surface area (Å²) >= 11 is 0. The van der Waals surface area contributed by atoms with E-state index in [1.807, 2.05) is 48.6 Å². The summed E-state index contributed by atoms with van der Waals surface area (Å²) in [4.78, 5) is 11.9. The van der Waals surface area contributed by atoms with Crippen molar-refractivity contribution in [1.82, 2.24) is 9.97 Å². The second-order valence-electron chi connectivity index (χ2n) is 13.2. The van der Waals surface area contributed by atoms with E-state index in [0.29, 0.717) is 34.1 Å². The molecular formula is C46H24N12. The van der Waals surface area contributed by atoms with Gasteiger partial charge in [0.15, 0.2) is 0 Å². The average molecular weight is 745 g/mol. The zero-order valence-corrected chi connectivity index (χ0v) is 30.2. The zero-order chi connectivity index (χ0) is 41.0. The molecule has 4 aromatic carbocycles. The second-order valence-corrected chi connectivity index (χ2v) is 13.2. The first-order chi connectivity index (χ1) is 28.3. The number of nitrogens with zero attached hydrogens (tertiary/aromatic N) is 12. The number of benzene rings is 4. The molecule has 0 spiro atoms. The summed E-state index contributed by atoms with van der Waals surface area (Å²) in [6.45, 7) is 0. The van der Waals surface area contributed by atoms with Gasteiger partial charge in [-0.3, -0.25) is 9.97 Å². The maximum absolute atomic E-state index is 10.8. The predicted octanol–water partition coefficient (Wildman–Crippen LogP) is 8.27. The van der Waals surface area contributed by atoms with Crippen molar-refractivity contribution < 1.29 is 0 Å². The van der Waals surface area contributed by atoms with Crippen LogP contribution in [0.25, 0.3) is 0 Å². The molecule has 8 bridgehead atoms. The van der Waals surface area contributed by atoms with Crippen LogP contribution in [0.1, 0.15) is 22.3 Å². The van der Waals surface area contributed by atoms with Crippen LogP contribution in [0.2, 0.25) is 0 Å². The largest absolute Gasteiger partial charge is 0.310 e. The van der Waals surface area contributed by atoms with Gasteiger partial charge in [0.25, 0.3) is 0 Å². The Balaban J connectivity index is 1.55. The Labute approximate surface area is 333 Å². The number of hydrogen-bond donors (Lipinski definition) is 0. The van der Waals surface area contributed by atoms with E-state index in [-0.39, 0.29) is 22.3 Å². The van der Waals surface area contributed by atoms with Crippen molar-refractivity contribution in [3.8, 4) is 48.6 Å². The van der Waals surface area contributed by atoms with Crippen LogP contribution < -0.4 is 9.80 Å². The predicted molar refractivity (Wildman–Crippen MR) is 209 cm³/mol. The fourth-order valence-electron chi connectivity index (χ4n) is 7.48. The molecule has 2 aromatic heterocycles. The van der Waals surface area contributed by atoms with Gasteiger partial charge in [0.1, 0.15) is 0 Å². The van der Waals surface area contributed by atoms with Crippen molar-refractivity contribution in [2.75, 3.05) is 9.80 Å². The molecule has 0 atom stereocenters. The molecule has 0 amide bonds. The summed E-state index contributed by atoms with van der Waals surface area (Å²) in [6, 6.07) is 48.5. The third-order valence-electron chi connectivity index (χ3n) is 10.5. The Kier molecular flexibility index (Phi) is 9.26. The Bertz CT molecular complexity index is 2450. The molecule has 12 heteroatoms. The van der Waals surface area contributed by atoms with Gasteiger partial charge in [0, 0.05) is 58.9 Å². The van der Waals surface area contributed by atoms with Crippen LogP contribution in [0.4, 0.5) is 34.1 Å². The van der Waals surface area contributed by atoms with E-state index in [2.05, 4.69) is 9.97 Å². The van der Waals surface area contributed by atoms with Gasteiger partial charge in [-0.1, -0.05) is 48.5 Å². The molecule has 6 aromatic rings. The second kappa shape index (κ2) is 14.5. The highest BCUT2D eigenvalue weighted by molar-refractivity contribution is 5.79. The summed E-state index contributed by atoms with van der Waals surface area (Å²) in [5.41, 5.74) is -5.32. The van der Waals surface area contributed by atoms with Crippen LogP contribution in [0.3, 0.4) is 0 Å². The molecule has 0 unspecified atom stereocenters. The Morgan fingerprint density at radius 2 is 0.448 bits per heavy atom. The van der Waals surface area contributed by atoms with Gasteiger partial charge in [-0.05, 0) is 95.1 Å². The summed E-state index contributed by atoms with van der Waals surface area (Å²) in [5.74, 6) is 0. The number of hydrogen-bond acceptors (Lipinski definition) is 12. The van der Waals surface area contributed by atoms with E-state index < -0.39 is 21.7 Å². The summed E-state index contributed by atoms with van der Waals surface area (Å²) < 4.78 is 0. The minimum absolute atomic E-state index is 0.108. The minimum atomic E-state index is -2.29. The number of anilines is 6. The lowest BCUT2D eigenvalue weighted by atomic mass is 9.59. The topological polar surface area (TPSA) is 223 Å². The maximum Gasteiger partial charge on any atom is 0.204 e. The highest BCUT2D eigenvalue weighted by atomic mass is 15.1. The van der Waals surface area contributed by atoms with Gasteiger partial charge in [0.2, 0.25) is 21.7 Å². The fourth-order valence-corrected chi connectivity index (χ4v) is 7.48. The molecule has 0 radical (unpaired) electrons. The van der Waals surface area contributed by atoms with E-state index in [4.69, 9.17) is 0 Å². The smallest absolute Gasteiger partial charge is 0.204 e. The van der Waals surface area contributed by atoms with Crippen LogP contribution in [-0.2, 0) is 21.7 Å². The third kappa shape index (κ3) is 5.22. The lowest BCUT2D eigenvalue weighted by Gasteiger charge is -2.34. The lowest BCUT2D eigenvalue weighted by Crippen LogP contribution is -2.46. The van der Waals surface area contributed by atoms with Crippen LogP contribution in [0.5, 0.6) is 0 Å². The Hall–Kier alpha value is -9.30. The van der Waals surface area contributed by atoms with Gasteiger partial charge >= 0.3 is 0 Å². The van der Waals surface area contributed by atoms with Crippen LogP contribution in [0, 0.1) is 90.6 Å². The Morgan fingerprint density at radius 3 is 0.621 bits per heavy atom. The number of pyridine rings is 2. The number of rotatable bonds is 2. The molecule has 7 aliphatic heterocycles. The molecular weight excluding hydrogens is 721 g/mol. The van der Waals surface area contributed by atoms with Crippen molar-refractivity contribution in [1.29, 1.82) is 42.1 Å². The molecule has 0 fully saturated rings. The summed E-state index contributed by atoms with van der Waals surface area (Å²) in [5, 5.41) is 86.2. The molecule has 0 saturated heterocycles.